The molecule has 5 rings (SSSR count). The number of nitrogens with one attached hydrogen (secondary N) is 2. The third-order valence-electron chi connectivity index (χ3n) is 8.79. The maximum absolute atomic E-state index is 14.3. The van der Waals surface area contributed by atoms with Gasteiger partial charge >= 0.3 is 0 Å². The molecule has 10 heteroatoms. The first-order valence-corrected chi connectivity index (χ1v) is 16.8. The summed E-state index contributed by atoms with van der Waals surface area (Å²) in [4.78, 5) is 42.5. The van der Waals surface area contributed by atoms with Crippen molar-refractivity contribution in [1.82, 2.24) is 0 Å². The molecule has 0 aliphatic heterocycles. The average Bonchev–Trinajstić information content (AvgIpc) is 3.10. The van der Waals surface area contributed by atoms with Crippen LogP contribution in [0.1, 0.15) is 44.2 Å². The predicted octanol–water partition coefficient (Wildman–Crippen LogP) is 6.43. The van der Waals surface area contributed by atoms with Crippen LogP contribution in [0.15, 0.2) is 97.1 Å². The molecule has 0 heterocycles. The lowest BCUT2D eigenvalue weighted by molar-refractivity contribution is -0.150. The fourth-order valence-electron chi connectivity index (χ4n) is 6.55. The number of Topliss-reactive ketones (excluding diaryl/α,β-unsaturated/α-hetero) is 1. The van der Waals surface area contributed by atoms with Gasteiger partial charge in [0.15, 0.2) is 11.5 Å². The number of carbonyl (C=O) groups is 3. The SMILES string of the molecule is CCOc1ccccc1NC(=O)C1C(=O)CC(C)(O)C(C(=O)Nc2ccccc2OCC)C1c1ccc(OCCc2ccccc2)c(OC)c1. The van der Waals surface area contributed by atoms with Gasteiger partial charge in [-0.3, -0.25) is 14.4 Å². The number of ether oxygens (including phenoxy) is 4. The lowest BCUT2D eigenvalue weighted by Crippen LogP contribution is -2.56. The fraction of sp³-hybridized carbons (Fsp3) is 0.325. The zero-order valence-electron chi connectivity index (χ0n) is 28.8. The second-order valence-electron chi connectivity index (χ2n) is 12.3. The molecular formula is C40H44N2O8. The Hall–Kier alpha value is -5.35. The lowest BCUT2D eigenvalue weighted by atomic mass is 9.61. The molecule has 4 aromatic rings. The Bertz CT molecular complexity index is 1790. The van der Waals surface area contributed by atoms with Crippen LogP contribution >= 0.6 is 0 Å². The van der Waals surface area contributed by atoms with Crippen molar-refractivity contribution < 1.29 is 38.4 Å². The number of ketones is 1. The fourth-order valence-corrected chi connectivity index (χ4v) is 6.55. The van der Waals surface area contributed by atoms with Crippen LogP contribution in [0.2, 0.25) is 0 Å². The minimum atomic E-state index is -1.81. The van der Waals surface area contributed by atoms with Gasteiger partial charge in [-0.15, -0.1) is 0 Å². The van der Waals surface area contributed by atoms with Crippen LogP contribution in [0.5, 0.6) is 23.0 Å². The molecule has 4 unspecified atom stereocenters. The Labute approximate surface area is 292 Å². The van der Waals surface area contributed by atoms with E-state index in [9.17, 15) is 19.5 Å². The molecule has 1 saturated carbocycles. The van der Waals surface area contributed by atoms with Gasteiger partial charge in [0.1, 0.15) is 23.2 Å². The highest BCUT2D eigenvalue weighted by Gasteiger charge is 2.56. The van der Waals surface area contributed by atoms with Gasteiger partial charge in [0.05, 0.1) is 49.8 Å². The summed E-state index contributed by atoms with van der Waals surface area (Å²) < 4.78 is 23.2. The summed E-state index contributed by atoms with van der Waals surface area (Å²) in [6.07, 6.45) is 0.250. The number of rotatable bonds is 14. The second kappa shape index (κ2) is 16.4. The van der Waals surface area contributed by atoms with Crippen molar-refractivity contribution in [3.05, 3.63) is 108 Å². The molecule has 1 fully saturated rings. The summed E-state index contributed by atoms with van der Waals surface area (Å²) >= 11 is 0. The number of carbonyl (C=O) groups excluding carboxylic acids is 3. The van der Waals surface area contributed by atoms with E-state index in [0.717, 1.165) is 5.56 Å². The zero-order chi connectivity index (χ0) is 35.7. The van der Waals surface area contributed by atoms with E-state index in [4.69, 9.17) is 18.9 Å². The smallest absolute Gasteiger partial charge is 0.235 e. The molecule has 10 nitrogen and oxygen atoms in total. The normalized spacial score (nSPS) is 20.0. The molecule has 4 atom stereocenters. The number of para-hydroxylation sites is 4. The highest BCUT2D eigenvalue weighted by molar-refractivity contribution is 6.11. The van der Waals surface area contributed by atoms with Crippen LogP contribution in [0.25, 0.3) is 0 Å². The summed E-state index contributed by atoms with van der Waals surface area (Å²) in [6.45, 7) is 6.23. The lowest BCUT2D eigenvalue weighted by Gasteiger charge is -2.44. The summed E-state index contributed by atoms with van der Waals surface area (Å²) in [7, 11) is 1.50. The van der Waals surface area contributed by atoms with Crippen molar-refractivity contribution in [2.45, 2.75) is 45.1 Å². The largest absolute Gasteiger partial charge is 0.493 e. The highest BCUT2D eigenvalue weighted by atomic mass is 16.5. The van der Waals surface area contributed by atoms with E-state index in [0.29, 0.717) is 66.2 Å². The number of anilines is 2. The van der Waals surface area contributed by atoms with Crippen LogP contribution in [0.4, 0.5) is 11.4 Å². The Balaban J connectivity index is 1.54. The summed E-state index contributed by atoms with van der Waals surface area (Å²) in [5.41, 5.74) is 0.532. The van der Waals surface area contributed by atoms with Crippen molar-refractivity contribution in [3.63, 3.8) is 0 Å². The molecule has 0 spiro atoms. The molecule has 4 aromatic carbocycles. The molecule has 262 valence electrons. The van der Waals surface area contributed by atoms with Crippen molar-refractivity contribution in [2.24, 2.45) is 11.8 Å². The van der Waals surface area contributed by atoms with Crippen molar-refractivity contribution >= 4 is 29.0 Å². The Kier molecular flexibility index (Phi) is 11.8. The van der Waals surface area contributed by atoms with Crippen molar-refractivity contribution in [2.75, 3.05) is 37.6 Å². The minimum Gasteiger partial charge on any atom is -0.493 e. The van der Waals surface area contributed by atoms with Gasteiger partial charge in [-0.25, -0.2) is 0 Å². The first-order valence-electron chi connectivity index (χ1n) is 16.8. The van der Waals surface area contributed by atoms with E-state index >= 15 is 0 Å². The number of benzene rings is 4. The van der Waals surface area contributed by atoms with E-state index in [1.807, 2.05) is 44.2 Å². The van der Waals surface area contributed by atoms with Crippen LogP contribution < -0.4 is 29.6 Å². The third kappa shape index (κ3) is 8.26. The summed E-state index contributed by atoms with van der Waals surface area (Å²) in [6, 6.07) is 28.9. The quantitative estimate of drug-likeness (QED) is 0.130. The van der Waals surface area contributed by atoms with Gasteiger partial charge in [0.2, 0.25) is 11.8 Å². The number of hydrogen-bond acceptors (Lipinski definition) is 8. The van der Waals surface area contributed by atoms with E-state index < -0.39 is 47.4 Å². The molecule has 0 saturated heterocycles. The standard InChI is InChI=1S/C40H44N2O8/c1-5-48-31-18-12-10-16-28(31)41-38(44)36-30(43)25-40(3,46)37(39(45)42-29-17-11-13-19-32(29)49-6-2)35(36)27-20-21-33(34(24-27)47-4)50-23-22-26-14-8-7-9-15-26/h7-21,24,35-37,46H,5-6,22-23,25H2,1-4H3,(H,41,44)(H,42,45). The maximum Gasteiger partial charge on any atom is 0.235 e. The van der Waals surface area contributed by atoms with Crippen LogP contribution in [0, 0.1) is 11.8 Å². The van der Waals surface area contributed by atoms with Gasteiger partial charge in [-0.1, -0.05) is 60.7 Å². The number of aliphatic hydroxyl groups is 1. The van der Waals surface area contributed by atoms with E-state index in [1.54, 1.807) is 66.7 Å². The molecule has 0 bridgehead atoms. The first kappa shape index (κ1) is 35.9. The monoisotopic (exact) mass is 680 g/mol. The highest BCUT2D eigenvalue weighted by Crippen LogP contribution is 2.48. The number of hydrogen-bond donors (Lipinski definition) is 3. The summed E-state index contributed by atoms with van der Waals surface area (Å²) in [5, 5.41) is 17.6. The zero-order valence-corrected chi connectivity index (χ0v) is 28.8. The van der Waals surface area contributed by atoms with Gasteiger partial charge in [-0.2, -0.15) is 0 Å². The van der Waals surface area contributed by atoms with Gasteiger partial charge in [0, 0.05) is 18.8 Å². The molecular weight excluding hydrogens is 636 g/mol. The van der Waals surface area contributed by atoms with Crippen molar-refractivity contribution in [3.8, 4) is 23.0 Å². The minimum absolute atomic E-state index is 0.356. The Morgan fingerprint density at radius 1 is 0.760 bits per heavy atom. The Morgan fingerprint density at radius 3 is 1.94 bits per heavy atom. The molecule has 3 N–H and O–H groups in total. The second-order valence-corrected chi connectivity index (χ2v) is 12.3. The molecule has 50 heavy (non-hydrogen) atoms. The van der Waals surface area contributed by atoms with Gasteiger partial charge in [0.25, 0.3) is 0 Å². The number of amides is 2. The first-order chi connectivity index (χ1) is 24.2. The molecule has 1 aliphatic rings. The topological polar surface area (TPSA) is 132 Å². The number of methoxy groups -OCH3 is 1. The van der Waals surface area contributed by atoms with Crippen LogP contribution in [-0.4, -0.2) is 55.2 Å². The molecule has 1 aliphatic carbocycles. The van der Waals surface area contributed by atoms with Crippen molar-refractivity contribution in [1.29, 1.82) is 0 Å². The average molecular weight is 681 g/mol. The summed E-state index contributed by atoms with van der Waals surface area (Å²) in [5.74, 6) is -3.70. The van der Waals surface area contributed by atoms with Crippen LogP contribution in [0.3, 0.4) is 0 Å². The third-order valence-corrected chi connectivity index (χ3v) is 8.79. The van der Waals surface area contributed by atoms with Gasteiger partial charge < -0.3 is 34.7 Å². The Morgan fingerprint density at radius 2 is 1.34 bits per heavy atom. The maximum atomic E-state index is 14.3. The van der Waals surface area contributed by atoms with E-state index in [2.05, 4.69) is 10.6 Å². The van der Waals surface area contributed by atoms with Crippen LogP contribution in [-0.2, 0) is 20.8 Å². The van der Waals surface area contributed by atoms with E-state index in [-0.39, 0.29) is 0 Å². The molecule has 0 radical (unpaired) electrons. The molecule has 2 amide bonds. The predicted molar refractivity (Wildman–Crippen MR) is 191 cm³/mol. The van der Waals surface area contributed by atoms with E-state index in [1.165, 1.54) is 14.0 Å². The van der Waals surface area contributed by atoms with Gasteiger partial charge in [-0.05, 0) is 68.3 Å². The molecule has 0 aromatic heterocycles.